The molecule has 1 N–H and O–H groups in total. The Balaban J connectivity index is 1.22. The van der Waals surface area contributed by atoms with E-state index in [-0.39, 0.29) is 11.8 Å². The van der Waals surface area contributed by atoms with Crippen molar-refractivity contribution in [1.82, 2.24) is 25.1 Å². The van der Waals surface area contributed by atoms with Crippen LogP contribution in [-0.4, -0.2) is 57.9 Å². The van der Waals surface area contributed by atoms with E-state index in [0.717, 1.165) is 57.5 Å². The summed E-state index contributed by atoms with van der Waals surface area (Å²) in [5, 5.41) is 3.11. The lowest BCUT2D eigenvalue weighted by molar-refractivity contribution is -0.127. The van der Waals surface area contributed by atoms with Gasteiger partial charge in [-0.1, -0.05) is 19.1 Å². The zero-order valence-corrected chi connectivity index (χ0v) is 18.7. The Kier molecular flexibility index (Phi) is 7.65. The molecule has 0 aromatic carbocycles. The highest BCUT2D eigenvalue weighted by Gasteiger charge is 2.31. The zero-order chi connectivity index (χ0) is 21.5. The lowest BCUT2D eigenvalue weighted by atomic mass is 9.93. The molecule has 1 atom stereocenters. The van der Waals surface area contributed by atoms with Gasteiger partial charge >= 0.3 is 0 Å². The molecule has 4 rings (SSSR count). The summed E-state index contributed by atoms with van der Waals surface area (Å²) in [6.45, 7) is 7.90. The van der Waals surface area contributed by atoms with E-state index in [1.54, 1.807) is 6.20 Å². The smallest absolute Gasteiger partial charge is 0.224 e. The van der Waals surface area contributed by atoms with Gasteiger partial charge in [-0.05, 0) is 61.9 Å². The normalized spacial score (nSPS) is 21.1. The van der Waals surface area contributed by atoms with Gasteiger partial charge in [0.25, 0.3) is 0 Å². The average molecular weight is 422 g/mol. The summed E-state index contributed by atoms with van der Waals surface area (Å²) < 4.78 is 0. The van der Waals surface area contributed by atoms with Crippen molar-refractivity contribution in [1.29, 1.82) is 0 Å². The zero-order valence-electron chi connectivity index (χ0n) is 18.7. The van der Waals surface area contributed by atoms with Crippen molar-refractivity contribution in [2.24, 2.45) is 5.92 Å². The highest BCUT2D eigenvalue weighted by molar-refractivity contribution is 5.78. The number of piperidine rings is 2. The van der Waals surface area contributed by atoms with Gasteiger partial charge in [0.2, 0.25) is 5.91 Å². The fraction of sp³-hybridized carbons (Fsp3) is 0.560. The van der Waals surface area contributed by atoms with Gasteiger partial charge < -0.3 is 5.32 Å². The van der Waals surface area contributed by atoms with Crippen molar-refractivity contribution >= 4 is 5.91 Å². The van der Waals surface area contributed by atoms with E-state index < -0.39 is 0 Å². The van der Waals surface area contributed by atoms with E-state index in [4.69, 9.17) is 0 Å². The van der Waals surface area contributed by atoms with Crippen LogP contribution in [-0.2, 0) is 24.3 Å². The minimum absolute atomic E-state index is 0.102. The predicted molar refractivity (Wildman–Crippen MR) is 122 cm³/mol. The van der Waals surface area contributed by atoms with Crippen LogP contribution in [0.4, 0.5) is 0 Å². The molecule has 4 heterocycles. The van der Waals surface area contributed by atoms with E-state index in [2.05, 4.69) is 44.1 Å². The Labute approximate surface area is 186 Å². The minimum Gasteiger partial charge on any atom is -0.352 e. The fourth-order valence-corrected chi connectivity index (χ4v) is 4.82. The SMILES string of the molecule is CCc1ccc(CN2CCC(N3CCC[C@@H](C(=O)NCc4cccnc4)C3)CC2)nc1. The van der Waals surface area contributed by atoms with Crippen LogP contribution in [0.1, 0.15) is 49.4 Å². The number of hydrogen-bond acceptors (Lipinski definition) is 5. The first-order chi connectivity index (χ1) is 15.2. The first-order valence-corrected chi connectivity index (χ1v) is 11.8. The van der Waals surface area contributed by atoms with Gasteiger partial charge in [-0.25, -0.2) is 0 Å². The lowest BCUT2D eigenvalue weighted by Gasteiger charge is -2.42. The van der Waals surface area contributed by atoms with Gasteiger partial charge in [-0.3, -0.25) is 24.6 Å². The third kappa shape index (κ3) is 6.11. The van der Waals surface area contributed by atoms with Crippen LogP contribution >= 0.6 is 0 Å². The van der Waals surface area contributed by atoms with Crippen LogP contribution in [0.2, 0.25) is 0 Å². The van der Waals surface area contributed by atoms with Gasteiger partial charge in [0, 0.05) is 57.4 Å². The van der Waals surface area contributed by atoms with Gasteiger partial charge in [-0.2, -0.15) is 0 Å². The largest absolute Gasteiger partial charge is 0.352 e. The molecule has 0 radical (unpaired) electrons. The molecule has 166 valence electrons. The van der Waals surface area contributed by atoms with E-state index in [9.17, 15) is 4.79 Å². The van der Waals surface area contributed by atoms with Crippen molar-refractivity contribution in [2.45, 2.75) is 58.2 Å². The number of aromatic nitrogens is 2. The summed E-state index contributed by atoms with van der Waals surface area (Å²) >= 11 is 0. The van der Waals surface area contributed by atoms with E-state index in [1.807, 2.05) is 24.5 Å². The summed E-state index contributed by atoms with van der Waals surface area (Å²) in [4.78, 5) is 26.6. The summed E-state index contributed by atoms with van der Waals surface area (Å²) in [7, 11) is 0. The monoisotopic (exact) mass is 421 g/mol. The Morgan fingerprint density at radius 2 is 1.97 bits per heavy atom. The molecule has 31 heavy (non-hydrogen) atoms. The lowest BCUT2D eigenvalue weighted by Crippen LogP contribution is -2.50. The highest BCUT2D eigenvalue weighted by Crippen LogP contribution is 2.24. The molecule has 2 fully saturated rings. The first kappa shape index (κ1) is 21.9. The number of hydrogen-bond donors (Lipinski definition) is 1. The van der Waals surface area contributed by atoms with E-state index in [1.165, 1.54) is 24.1 Å². The second kappa shape index (κ2) is 10.8. The summed E-state index contributed by atoms with van der Waals surface area (Å²) in [6.07, 6.45) is 11.1. The standard InChI is InChI=1S/C25H35N5O/c1-2-20-7-8-23(27-16-20)19-29-13-9-24(10-14-29)30-12-4-6-22(18-30)25(31)28-17-21-5-3-11-26-15-21/h3,5,7-8,11,15-16,22,24H,2,4,6,9-10,12-14,17-19H2,1H3,(H,28,31)/t22-/m1/s1. The molecular weight excluding hydrogens is 386 g/mol. The first-order valence-electron chi connectivity index (χ1n) is 11.8. The molecule has 1 amide bonds. The van der Waals surface area contributed by atoms with Crippen LogP contribution in [0, 0.1) is 5.92 Å². The van der Waals surface area contributed by atoms with Crippen LogP contribution < -0.4 is 5.32 Å². The quantitative estimate of drug-likeness (QED) is 0.745. The molecule has 0 bridgehead atoms. The molecule has 2 aromatic heterocycles. The molecule has 6 nitrogen and oxygen atoms in total. The van der Waals surface area contributed by atoms with Crippen LogP contribution in [0.5, 0.6) is 0 Å². The van der Waals surface area contributed by atoms with Gasteiger partial charge in [0.1, 0.15) is 0 Å². The molecule has 2 aliphatic heterocycles. The number of nitrogens with one attached hydrogen (secondary N) is 1. The van der Waals surface area contributed by atoms with Gasteiger partial charge in [0.05, 0.1) is 11.6 Å². The number of carbonyl (C=O) groups is 1. The number of likely N-dealkylation sites (tertiary alicyclic amines) is 2. The second-order valence-electron chi connectivity index (χ2n) is 8.93. The van der Waals surface area contributed by atoms with Gasteiger partial charge in [-0.15, -0.1) is 0 Å². The van der Waals surface area contributed by atoms with E-state index >= 15 is 0 Å². The number of pyridine rings is 2. The average Bonchev–Trinajstić information content (AvgIpc) is 2.84. The second-order valence-corrected chi connectivity index (χ2v) is 8.93. The Hall–Kier alpha value is -2.31. The number of nitrogens with zero attached hydrogens (tertiary/aromatic N) is 4. The third-order valence-electron chi connectivity index (χ3n) is 6.77. The summed E-state index contributed by atoms with van der Waals surface area (Å²) in [5.41, 5.74) is 3.51. The van der Waals surface area contributed by atoms with Crippen molar-refractivity contribution in [3.63, 3.8) is 0 Å². The van der Waals surface area contributed by atoms with Crippen LogP contribution in [0.25, 0.3) is 0 Å². The van der Waals surface area contributed by atoms with Crippen molar-refractivity contribution in [3.05, 3.63) is 59.7 Å². The number of carbonyl (C=O) groups excluding carboxylic acids is 1. The number of amides is 1. The summed E-state index contributed by atoms with van der Waals surface area (Å²) in [5.74, 6) is 0.289. The molecule has 2 aromatic rings. The van der Waals surface area contributed by atoms with Crippen molar-refractivity contribution in [2.75, 3.05) is 26.2 Å². The molecule has 0 spiro atoms. The fourth-order valence-electron chi connectivity index (χ4n) is 4.82. The minimum atomic E-state index is 0.102. The van der Waals surface area contributed by atoms with Crippen molar-refractivity contribution < 1.29 is 4.79 Å². The van der Waals surface area contributed by atoms with Crippen molar-refractivity contribution in [3.8, 4) is 0 Å². The van der Waals surface area contributed by atoms with Gasteiger partial charge in [0.15, 0.2) is 0 Å². The number of rotatable bonds is 7. The maximum absolute atomic E-state index is 12.7. The maximum atomic E-state index is 12.7. The molecule has 2 saturated heterocycles. The molecule has 0 aliphatic carbocycles. The van der Waals surface area contributed by atoms with Crippen LogP contribution in [0.15, 0.2) is 42.9 Å². The maximum Gasteiger partial charge on any atom is 0.224 e. The Morgan fingerprint density at radius 1 is 1.10 bits per heavy atom. The molecule has 2 aliphatic rings. The van der Waals surface area contributed by atoms with E-state index in [0.29, 0.717) is 12.6 Å². The molecular formula is C25H35N5O. The predicted octanol–water partition coefficient (Wildman–Crippen LogP) is 3.03. The Bertz CT molecular complexity index is 818. The molecule has 0 unspecified atom stereocenters. The number of aryl methyl sites for hydroxylation is 1. The topological polar surface area (TPSA) is 61.4 Å². The highest BCUT2D eigenvalue weighted by atomic mass is 16.1. The summed E-state index contributed by atoms with van der Waals surface area (Å²) in [6, 6.07) is 8.88. The third-order valence-corrected chi connectivity index (χ3v) is 6.77. The molecule has 0 saturated carbocycles. The van der Waals surface area contributed by atoms with Crippen LogP contribution in [0.3, 0.4) is 0 Å². The molecule has 6 heteroatoms. The Morgan fingerprint density at radius 3 is 2.68 bits per heavy atom.